The number of nitrogens with one attached hydrogen (secondary N) is 1. The molecule has 2 rings (SSSR count). The Kier molecular flexibility index (Phi) is 5.97. The molecule has 1 aliphatic rings. The number of hydrogen-bond acceptors (Lipinski definition) is 3. The van der Waals surface area contributed by atoms with Crippen molar-refractivity contribution in [3.05, 3.63) is 35.4 Å². The van der Waals surface area contributed by atoms with E-state index in [1.165, 1.54) is 17.7 Å². The zero-order chi connectivity index (χ0) is 17.6. The van der Waals surface area contributed by atoms with Gasteiger partial charge < -0.3 is 5.32 Å². The number of urea groups is 1. The third kappa shape index (κ3) is 3.94. The third-order valence-corrected chi connectivity index (χ3v) is 4.59. The summed E-state index contributed by atoms with van der Waals surface area (Å²) in [7, 11) is 0. The molecule has 1 fully saturated rings. The van der Waals surface area contributed by atoms with Gasteiger partial charge in [0.15, 0.2) is 0 Å². The van der Waals surface area contributed by atoms with Crippen LogP contribution < -0.4 is 5.32 Å². The molecule has 128 valence electrons. The molecule has 5 nitrogen and oxygen atoms in total. The van der Waals surface area contributed by atoms with Crippen molar-refractivity contribution >= 4 is 11.9 Å². The molecule has 1 aromatic carbocycles. The molecule has 24 heavy (non-hydrogen) atoms. The van der Waals surface area contributed by atoms with E-state index in [-0.39, 0.29) is 18.5 Å². The first-order valence-corrected chi connectivity index (χ1v) is 8.64. The van der Waals surface area contributed by atoms with Gasteiger partial charge >= 0.3 is 6.03 Å². The number of rotatable bonds is 8. The van der Waals surface area contributed by atoms with Gasteiger partial charge in [-0.2, -0.15) is 5.26 Å². The van der Waals surface area contributed by atoms with Gasteiger partial charge in [-0.15, -0.1) is 0 Å². The Morgan fingerprint density at radius 3 is 2.58 bits per heavy atom. The number of nitriles is 1. The molecule has 0 aliphatic carbocycles. The first-order chi connectivity index (χ1) is 11.5. The number of amides is 3. The molecule has 0 spiro atoms. The minimum atomic E-state index is -0.828. The quantitative estimate of drug-likeness (QED) is 0.584. The van der Waals surface area contributed by atoms with E-state index < -0.39 is 5.54 Å². The van der Waals surface area contributed by atoms with Gasteiger partial charge in [-0.25, -0.2) is 4.79 Å². The van der Waals surface area contributed by atoms with E-state index in [1.54, 1.807) is 25.1 Å². The van der Waals surface area contributed by atoms with Gasteiger partial charge in [0.2, 0.25) is 0 Å². The largest absolute Gasteiger partial charge is 0.325 e. The number of imide groups is 1. The lowest BCUT2D eigenvalue weighted by molar-refractivity contribution is -0.131. The van der Waals surface area contributed by atoms with Crippen molar-refractivity contribution in [2.24, 2.45) is 0 Å². The Bertz CT molecular complexity index is 650. The number of benzene rings is 1. The number of nitrogens with zero attached hydrogens (tertiary/aromatic N) is 2. The Morgan fingerprint density at radius 1 is 1.17 bits per heavy atom. The Morgan fingerprint density at radius 2 is 1.88 bits per heavy atom. The normalized spacial score (nSPS) is 20.1. The molecule has 1 saturated heterocycles. The fourth-order valence-electron chi connectivity index (χ4n) is 3.08. The molecular weight excluding hydrogens is 302 g/mol. The van der Waals surface area contributed by atoms with Crippen LogP contribution in [0.15, 0.2) is 24.3 Å². The Balaban J connectivity index is 2.02. The average molecular weight is 327 g/mol. The molecule has 1 heterocycles. The van der Waals surface area contributed by atoms with Crippen molar-refractivity contribution in [2.75, 3.05) is 0 Å². The van der Waals surface area contributed by atoms with Crippen LogP contribution in [0.25, 0.3) is 0 Å². The monoisotopic (exact) mass is 327 g/mol. The number of carbonyl (C=O) groups is 2. The van der Waals surface area contributed by atoms with Crippen molar-refractivity contribution in [3.63, 3.8) is 0 Å². The summed E-state index contributed by atoms with van der Waals surface area (Å²) in [5.41, 5.74) is 0.354. The van der Waals surface area contributed by atoms with E-state index in [0.29, 0.717) is 17.5 Å². The molecule has 3 amide bonds. The topological polar surface area (TPSA) is 73.2 Å². The van der Waals surface area contributed by atoms with Gasteiger partial charge in [-0.05, 0) is 25.0 Å². The van der Waals surface area contributed by atoms with Gasteiger partial charge in [0.25, 0.3) is 5.91 Å². The average Bonchev–Trinajstić information content (AvgIpc) is 2.79. The SMILES string of the molecule is CCCCCCC[C@@]1(C)NC(=O)N(Cc2ccccc2C#N)C1=O. The third-order valence-electron chi connectivity index (χ3n) is 4.59. The van der Waals surface area contributed by atoms with Gasteiger partial charge in [0.1, 0.15) is 5.54 Å². The summed E-state index contributed by atoms with van der Waals surface area (Å²) in [5, 5.41) is 12.0. The van der Waals surface area contributed by atoms with E-state index in [4.69, 9.17) is 5.26 Å². The lowest BCUT2D eigenvalue weighted by Gasteiger charge is -2.21. The lowest BCUT2D eigenvalue weighted by Crippen LogP contribution is -2.43. The first kappa shape index (κ1) is 18.0. The molecule has 1 aliphatic heterocycles. The Hall–Kier alpha value is -2.35. The summed E-state index contributed by atoms with van der Waals surface area (Å²) < 4.78 is 0. The predicted molar refractivity (Wildman–Crippen MR) is 92.0 cm³/mol. The standard InChI is InChI=1S/C19H25N3O2/c1-3-4-5-6-9-12-19(2)17(23)22(18(24)21-19)14-16-11-8-7-10-15(16)13-20/h7-8,10-11H,3-6,9,12,14H2,1-2H3,(H,21,24)/t19-/m1/s1. The maximum atomic E-state index is 12.7. The number of hydrogen-bond donors (Lipinski definition) is 1. The molecule has 0 saturated carbocycles. The van der Waals surface area contributed by atoms with Crippen LogP contribution in [0.5, 0.6) is 0 Å². The van der Waals surface area contributed by atoms with Crippen LogP contribution in [0.3, 0.4) is 0 Å². The second-order valence-corrected chi connectivity index (χ2v) is 6.59. The van der Waals surface area contributed by atoms with E-state index in [9.17, 15) is 9.59 Å². The summed E-state index contributed by atoms with van der Waals surface area (Å²) in [5.74, 6) is -0.198. The smallest absolute Gasteiger partial charge is 0.323 e. The first-order valence-electron chi connectivity index (χ1n) is 8.64. The van der Waals surface area contributed by atoms with Crippen LogP contribution in [-0.4, -0.2) is 22.4 Å². The Labute approximate surface area is 143 Å². The van der Waals surface area contributed by atoms with Crippen molar-refractivity contribution in [1.82, 2.24) is 10.2 Å². The van der Waals surface area contributed by atoms with Gasteiger partial charge in [-0.3, -0.25) is 9.69 Å². The van der Waals surface area contributed by atoms with E-state index >= 15 is 0 Å². The van der Waals surface area contributed by atoms with E-state index in [2.05, 4.69) is 18.3 Å². The minimum absolute atomic E-state index is 0.139. The highest BCUT2D eigenvalue weighted by atomic mass is 16.2. The highest BCUT2D eigenvalue weighted by molar-refractivity contribution is 6.06. The number of unbranched alkanes of at least 4 members (excludes halogenated alkanes) is 4. The summed E-state index contributed by atoms with van der Waals surface area (Å²) in [6, 6.07) is 8.78. The van der Waals surface area contributed by atoms with Crippen LogP contribution in [0.4, 0.5) is 4.79 Å². The molecular formula is C19H25N3O2. The highest BCUT2D eigenvalue weighted by Gasteiger charge is 2.47. The van der Waals surface area contributed by atoms with Crippen molar-refractivity contribution in [2.45, 2.75) is 64.5 Å². The molecule has 1 aromatic rings. The molecule has 5 heteroatoms. The van der Waals surface area contributed by atoms with Gasteiger partial charge in [0, 0.05) is 0 Å². The fourth-order valence-corrected chi connectivity index (χ4v) is 3.08. The van der Waals surface area contributed by atoms with Crippen molar-refractivity contribution in [3.8, 4) is 6.07 Å². The van der Waals surface area contributed by atoms with Gasteiger partial charge in [-0.1, -0.05) is 57.2 Å². The van der Waals surface area contributed by atoms with Crippen molar-refractivity contribution in [1.29, 1.82) is 5.26 Å². The van der Waals surface area contributed by atoms with Crippen molar-refractivity contribution < 1.29 is 9.59 Å². The van der Waals surface area contributed by atoms with Crippen LogP contribution in [-0.2, 0) is 11.3 Å². The second-order valence-electron chi connectivity index (χ2n) is 6.59. The summed E-state index contributed by atoms with van der Waals surface area (Å²) in [6.45, 7) is 4.10. The predicted octanol–water partition coefficient (Wildman–Crippen LogP) is 3.73. The second kappa shape index (κ2) is 7.96. The van der Waals surface area contributed by atoms with Crippen LogP contribution in [0.2, 0.25) is 0 Å². The van der Waals surface area contributed by atoms with Gasteiger partial charge in [0.05, 0.1) is 18.2 Å². The molecule has 0 aromatic heterocycles. The zero-order valence-corrected chi connectivity index (χ0v) is 14.5. The summed E-state index contributed by atoms with van der Waals surface area (Å²) in [6.07, 6.45) is 6.19. The van der Waals surface area contributed by atoms with Crippen LogP contribution in [0, 0.1) is 11.3 Å². The molecule has 0 bridgehead atoms. The van der Waals surface area contributed by atoms with Crippen LogP contribution >= 0.6 is 0 Å². The molecule has 0 unspecified atom stereocenters. The van der Waals surface area contributed by atoms with E-state index in [0.717, 1.165) is 19.3 Å². The molecule has 1 N–H and O–H groups in total. The summed E-state index contributed by atoms with van der Waals surface area (Å²) >= 11 is 0. The fraction of sp³-hybridized carbons (Fsp3) is 0.526. The minimum Gasteiger partial charge on any atom is -0.323 e. The lowest BCUT2D eigenvalue weighted by atomic mass is 9.94. The maximum absolute atomic E-state index is 12.7. The highest BCUT2D eigenvalue weighted by Crippen LogP contribution is 2.26. The maximum Gasteiger partial charge on any atom is 0.325 e. The summed E-state index contributed by atoms with van der Waals surface area (Å²) in [4.78, 5) is 26.2. The van der Waals surface area contributed by atoms with Crippen LogP contribution in [0.1, 0.15) is 63.5 Å². The zero-order valence-electron chi connectivity index (χ0n) is 14.5. The number of carbonyl (C=O) groups excluding carboxylic acids is 2. The molecule has 0 radical (unpaired) electrons. The molecule has 1 atom stereocenters. The van der Waals surface area contributed by atoms with E-state index in [1.807, 2.05) is 6.07 Å².